The normalized spacial score (nSPS) is 11.6. The molecule has 1 heterocycles. The van der Waals surface area contributed by atoms with E-state index < -0.39 is 17.9 Å². The van der Waals surface area contributed by atoms with Crippen LogP contribution in [0.15, 0.2) is 60.9 Å². The van der Waals surface area contributed by atoms with Gasteiger partial charge in [0.25, 0.3) is 5.91 Å². The fourth-order valence-electron chi connectivity index (χ4n) is 3.34. The molecule has 33 heavy (non-hydrogen) atoms. The highest BCUT2D eigenvalue weighted by Gasteiger charge is 2.23. The number of aliphatic carboxylic acids is 1. The lowest BCUT2D eigenvalue weighted by atomic mass is 9.93. The topological polar surface area (TPSA) is 88.5 Å². The maximum Gasteiger partial charge on any atom is 0.326 e. The van der Waals surface area contributed by atoms with E-state index in [0.717, 1.165) is 25.8 Å². The van der Waals surface area contributed by atoms with Crippen molar-refractivity contribution in [2.45, 2.75) is 26.0 Å². The van der Waals surface area contributed by atoms with Crippen molar-refractivity contribution in [2.24, 2.45) is 0 Å². The Kier molecular flexibility index (Phi) is 9.13. The van der Waals surface area contributed by atoms with Gasteiger partial charge in [-0.15, -0.1) is 0 Å². The molecule has 8 heteroatoms. The molecule has 0 aliphatic rings. The first-order valence-electron chi connectivity index (χ1n) is 10.3. The third-order valence-corrected chi connectivity index (χ3v) is 6.76. The lowest BCUT2D eigenvalue weighted by molar-refractivity contribution is -0.139. The molecule has 2 aromatic carbocycles. The van der Waals surface area contributed by atoms with Crippen LogP contribution >= 0.6 is 34.4 Å². The van der Waals surface area contributed by atoms with Gasteiger partial charge in [0.05, 0.1) is 6.20 Å². The smallest absolute Gasteiger partial charge is 0.326 e. The Hall–Kier alpha value is -2.59. The summed E-state index contributed by atoms with van der Waals surface area (Å²) < 4.78 is 6.74. The van der Waals surface area contributed by atoms with E-state index in [1.165, 1.54) is 0 Å². The summed E-state index contributed by atoms with van der Waals surface area (Å²) in [7, 11) is 0. The number of nitrogens with one attached hydrogen (secondary N) is 1. The van der Waals surface area contributed by atoms with Crippen molar-refractivity contribution in [1.82, 2.24) is 10.3 Å². The summed E-state index contributed by atoms with van der Waals surface area (Å²) in [6.45, 7) is 2.30. The van der Waals surface area contributed by atoms with Gasteiger partial charge in [0.2, 0.25) is 0 Å². The third-order valence-electron chi connectivity index (χ3n) is 5.11. The Morgan fingerprint density at radius 3 is 2.64 bits per heavy atom. The zero-order valence-electron chi connectivity index (χ0n) is 18.4. The van der Waals surface area contributed by atoms with Crippen molar-refractivity contribution < 1.29 is 19.4 Å². The number of carboxylic acids is 1. The highest BCUT2D eigenvalue weighted by atomic mass is 127. The second-order valence-corrected chi connectivity index (χ2v) is 9.58. The molecule has 0 saturated heterocycles. The fraction of sp³-hybridized carbons (Fsp3) is 0.240. The van der Waals surface area contributed by atoms with E-state index in [1.807, 2.05) is 55.6 Å². The molecule has 6 nitrogen and oxygen atoms in total. The maximum atomic E-state index is 13.2. The average Bonchev–Trinajstić information content (AvgIpc) is 2.81. The van der Waals surface area contributed by atoms with Crippen LogP contribution in [0.5, 0.6) is 5.75 Å². The number of nitrogens with zero attached hydrogens (tertiary/aromatic N) is 1. The van der Waals surface area contributed by atoms with Crippen molar-refractivity contribution in [1.29, 1.82) is 0 Å². The number of amides is 1. The largest absolute Gasteiger partial charge is 0.487 e. The van der Waals surface area contributed by atoms with Crippen LogP contribution in [0.3, 0.4) is 0 Å². The average molecular weight is 576 g/mol. The molecule has 1 atom stereocenters. The standard InChI is InChI=1S/C25H25IN2O4S/c1-16-6-3-4-8-19(16)20-12-17(15-32-18-7-5-10-27-14-18)22(26)13-21(20)24(29)28-23(25(30)31)9-11-33-2/h3-8,10,12-14,23H,9,11,15H2,1-2H3,(H,28,29)(H,30,31). The van der Waals surface area contributed by atoms with E-state index in [2.05, 4.69) is 32.9 Å². The predicted molar refractivity (Wildman–Crippen MR) is 140 cm³/mol. The zero-order chi connectivity index (χ0) is 23.8. The van der Waals surface area contributed by atoms with E-state index in [4.69, 9.17) is 4.74 Å². The number of aryl methyl sites for hydroxylation is 1. The monoisotopic (exact) mass is 576 g/mol. The van der Waals surface area contributed by atoms with Crippen LogP contribution in [0.4, 0.5) is 0 Å². The fourth-order valence-corrected chi connectivity index (χ4v) is 4.43. The van der Waals surface area contributed by atoms with E-state index in [9.17, 15) is 14.7 Å². The number of aromatic nitrogens is 1. The van der Waals surface area contributed by atoms with Gasteiger partial charge >= 0.3 is 5.97 Å². The zero-order valence-corrected chi connectivity index (χ0v) is 21.4. The highest BCUT2D eigenvalue weighted by molar-refractivity contribution is 14.1. The molecular formula is C25H25IN2O4S. The van der Waals surface area contributed by atoms with Crippen molar-refractivity contribution in [3.8, 4) is 16.9 Å². The van der Waals surface area contributed by atoms with Gasteiger partial charge in [-0.05, 0) is 88.9 Å². The SMILES string of the molecule is CSCCC(NC(=O)c1cc(I)c(COc2cccnc2)cc1-c1ccccc1C)C(=O)O. The number of hydrogen-bond acceptors (Lipinski definition) is 5. The molecular weight excluding hydrogens is 551 g/mol. The number of benzene rings is 2. The van der Waals surface area contributed by atoms with Gasteiger partial charge in [0.1, 0.15) is 18.4 Å². The summed E-state index contributed by atoms with van der Waals surface area (Å²) in [6, 6.07) is 14.3. The van der Waals surface area contributed by atoms with Gasteiger partial charge in [-0.25, -0.2) is 4.79 Å². The molecule has 0 bridgehead atoms. The van der Waals surface area contributed by atoms with Gasteiger partial charge in [0.15, 0.2) is 0 Å². The van der Waals surface area contributed by atoms with Crippen LogP contribution in [0.1, 0.15) is 27.9 Å². The summed E-state index contributed by atoms with van der Waals surface area (Å²) >= 11 is 3.73. The van der Waals surface area contributed by atoms with Crippen molar-refractivity contribution in [2.75, 3.05) is 12.0 Å². The number of thioether (sulfide) groups is 1. The van der Waals surface area contributed by atoms with E-state index in [0.29, 0.717) is 30.1 Å². The van der Waals surface area contributed by atoms with Crippen LogP contribution in [0.25, 0.3) is 11.1 Å². The minimum Gasteiger partial charge on any atom is -0.487 e. The number of ether oxygens (including phenoxy) is 1. The van der Waals surface area contributed by atoms with E-state index in [-0.39, 0.29) is 0 Å². The van der Waals surface area contributed by atoms with Crippen LogP contribution in [-0.4, -0.2) is 40.0 Å². The van der Waals surface area contributed by atoms with Gasteiger partial charge in [-0.1, -0.05) is 24.3 Å². The number of halogens is 1. The summed E-state index contributed by atoms with van der Waals surface area (Å²) in [5, 5.41) is 12.3. The second kappa shape index (κ2) is 12.0. The molecule has 3 rings (SSSR count). The molecule has 0 aliphatic carbocycles. The number of rotatable bonds is 10. The summed E-state index contributed by atoms with van der Waals surface area (Å²) in [4.78, 5) is 29.0. The van der Waals surface area contributed by atoms with Crippen molar-refractivity contribution >= 4 is 46.2 Å². The number of carbonyl (C=O) groups is 2. The van der Waals surface area contributed by atoms with Crippen molar-refractivity contribution in [3.05, 3.63) is 81.2 Å². The second-order valence-electron chi connectivity index (χ2n) is 7.43. The maximum absolute atomic E-state index is 13.2. The summed E-state index contributed by atoms with van der Waals surface area (Å²) in [5.74, 6) is -0.138. The minimum absolute atomic E-state index is 0.316. The molecule has 0 aliphatic heterocycles. The quantitative estimate of drug-likeness (QED) is 0.324. The Morgan fingerprint density at radius 1 is 1.18 bits per heavy atom. The number of carbonyl (C=O) groups excluding carboxylic acids is 1. The van der Waals surface area contributed by atoms with Crippen LogP contribution < -0.4 is 10.1 Å². The number of pyridine rings is 1. The van der Waals surface area contributed by atoms with E-state index in [1.54, 1.807) is 30.2 Å². The number of hydrogen-bond donors (Lipinski definition) is 2. The molecule has 2 N–H and O–H groups in total. The first kappa shape index (κ1) is 25.0. The third kappa shape index (κ3) is 6.70. The van der Waals surface area contributed by atoms with Gasteiger partial charge in [-0.2, -0.15) is 11.8 Å². The lowest BCUT2D eigenvalue weighted by Crippen LogP contribution is -2.41. The van der Waals surface area contributed by atoms with Gasteiger partial charge in [-0.3, -0.25) is 9.78 Å². The highest BCUT2D eigenvalue weighted by Crippen LogP contribution is 2.31. The molecule has 1 unspecified atom stereocenters. The molecule has 1 amide bonds. The molecule has 0 spiro atoms. The molecule has 0 fully saturated rings. The molecule has 0 saturated carbocycles. The Balaban J connectivity index is 1.98. The van der Waals surface area contributed by atoms with E-state index >= 15 is 0 Å². The molecule has 172 valence electrons. The Morgan fingerprint density at radius 2 is 1.97 bits per heavy atom. The van der Waals surface area contributed by atoms with Gasteiger partial charge in [0, 0.05) is 20.9 Å². The first-order chi connectivity index (χ1) is 15.9. The van der Waals surface area contributed by atoms with Gasteiger partial charge < -0.3 is 15.2 Å². The Labute approximate surface area is 211 Å². The molecule has 1 aromatic heterocycles. The summed E-state index contributed by atoms with van der Waals surface area (Å²) in [5.41, 5.74) is 4.03. The van der Waals surface area contributed by atoms with Crippen molar-refractivity contribution in [3.63, 3.8) is 0 Å². The van der Waals surface area contributed by atoms with Crippen LogP contribution in [0.2, 0.25) is 0 Å². The number of carboxylic acid groups (broad SMARTS) is 1. The van der Waals surface area contributed by atoms with Crippen LogP contribution in [-0.2, 0) is 11.4 Å². The Bertz CT molecular complexity index is 1120. The minimum atomic E-state index is -1.04. The van der Waals surface area contributed by atoms with Crippen LogP contribution in [0, 0.1) is 10.5 Å². The molecule has 0 radical (unpaired) electrons. The lowest BCUT2D eigenvalue weighted by Gasteiger charge is -2.19. The predicted octanol–water partition coefficient (Wildman–Crippen LogP) is 5.18. The molecule has 3 aromatic rings. The first-order valence-corrected chi connectivity index (χ1v) is 12.8. The summed E-state index contributed by atoms with van der Waals surface area (Å²) in [6.07, 6.45) is 5.60.